The SMILES string of the molecule is Cc1ccc(NC(=O)CN2C(=O)S/C(=C\c3ccc(Oc4ccc([N+](=O)[O-])cn4)cc3)C2=O)cc1C. The number of ether oxygens (including phenoxy) is 1. The Balaban J connectivity index is 1.38. The molecule has 10 nitrogen and oxygen atoms in total. The average Bonchev–Trinajstić information content (AvgIpc) is 3.10. The van der Waals surface area contributed by atoms with E-state index in [1.807, 2.05) is 26.0 Å². The summed E-state index contributed by atoms with van der Waals surface area (Å²) in [5.74, 6) is -0.392. The number of anilines is 1. The van der Waals surface area contributed by atoms with Crippen LogP contribution in [0.15, 0.2) is 65.7 Å². The molecule has 36 heavy (non-hydrogen) atoms. The summed E-state index contributed by atoms with van der Waals surface area (Å²) in [5, 5.41) is 12.9. The number of nitrogens with one attached hydrogen (secondary N) is 1. The zero-order chi connectivity index (χ0) is 25.8. The molecule has 1 fully saturated rings. The highest BCUT2D eigenvalue weighted by atomic mass is 32.2. The molecule has 0 radical (unpaired) electrons. The number of hydrogen-bond acceptors (Lipinski definition) is 8. The fourth-order valence-corrected chi connectivity index (χ4v) is 4.08. The number of nitrogens with zero attached hydrogens (tertiary/aromatic N) is 3. The van der Waals surface area contributed by atoms with E-state index in [0.717, 1.165) is 34.0 Å². The Kier molecular flexibility index (Phi) is 7.11. The van der Waals surface area contributed by atoms with Crippen LogP contribution < -0.4 is 10.1 Å². The quantitative estimate of drug-likeness (QED) is 0.268. The number of carbonyl (C=O) groups excluding carboxylic acids is 3. The van der Waals surface area contributed by atoms with E-state index in [9.17, 15) is 24.5 Å². The van der Waals surface area contributed by atoms with Gasteiger partial charge in [-0.05, 0) is 72.6 Å². The monoisotopic (exact) mass is 504 g/mol. The van der Waals surface area contributed by atoms with Crippen molar-refractivity contribution in [2.24, 2.45) is 0 Å². The zero-order valence-electron chi connectivity index (χ0n) is 19.3. The molecule has 0 unspecified atom stereocenters. The van der Waals surface area contributed by atoms with Crippen LogP contribution in [0.2, 0.25) is 0 Å². The van der Waals surface area contributed by atoms with E-state index in [1.165, 1.54) is 12.1 Å². The number of thioether (sulfide) groups is 1. The summed E-state index contributed by atoms with van der Waals surface area (Å²) < 4.78 is 5.57. The van der Waals surface area contributed by atoms with E-state index in [2.05, 4.69) is 10.3 Å². The van der Waals surface area contributed by atoms with Crippen LogP contribution in [0, 0.1) is 24.0 Å². The number of imide groups is 1. The molecule has 11 heteroatoms. The van der Waals surface area contributed by atoms with Gasteiger partial charge in [0.15, 0.2) is 0 Å². The maximum Gasteiger partial charge on any atom is 0.294 e. The molecule has 1 aliphatic rings. The summed E-state index contributed by atoms with van der Waals surface area (Å²) in [6, 6.07) is 14.8. The summed E-state index contributed by atoms with van der Waals surface area (Å²) in [6.07, 6.45) is 2.65. The van der Waals surface area contributed by atoms with E-state index in [0.29, 0.717) is 17.0 Å². The van der Waals surface area contributed by atoms with Gasteiger partial charge in [-0.1, -0.05) is 18.2 Å². The number of pyridine rings is 1. The molecular formula is C25H20N4O6S. The van der Waals surface area contributed by atoms with Gasteiger partial charge in [0.05, 0.1) is 9.83 Å². The molecule has 0 atom stereocenters. The number of rotatable bonds is 7. The lowest BCUT2D eigenvalue weighted by molar-refractivity contribution is -0.385. The van der Waals surface area contributed by atoms with Crippen molar-refractivity contribution in [2.45, 2.75) is 13.8 Å². The first-order chi connectivity index (χ1) is 17.2. The van der Waals surface area contributed by atoms with Gasteiger partial charge in [0.2, 0.25) is 11.8 Å². The second-order valence-electron chi connectivity index (χ2n) is 7.90. The third-order valence-corrected chi connectivity index (χ3v) is 6.21. The topological polar surface area (TPSA) is 132 Å². The first-order valence-electron chi connectivity index (χ1n) is 10.7. The smallest absolute Gasteiger partial charge is 0.294 e. The van der Waals surface area contributed by atoms with Gasteiger partial charge in [0, 0.05) is 17.8 Å². The highest BCUT2D eigenvalue weighted by molar-refractivity contribution is 8.18. The molecule has 1 N–H and O–H groups in total. The van der Waals surface area contributed by atoms with Gasteiger partial charge in [-0.15, -0.1) is 0 Å². The van der Waals surface area contributed by atoms with Crippen LogP contribution in [0.1, 0.15) is 16.7 Å². The third-order valence-electron chi connectivity index (χ3n) is 5.30. The molecule has 2 aromatic carbocycles. The number of hydrogen-bond donors (Lipinski definition) is 1. The number of benzene rings is 2. The average molecular weight is 505 g/mol. The van der Waals surface area contributed by atoms with Gasteiger partial charge < -0.3 is 10.1 Å². The van der Waals surface area contributed by atoms with Crippen molar-refractivity contribution in [3.05, 3.63) is 92.5 Å². The molecule has 182 valence electrons. The van der Waals surface area contributed by atoms with E-state index < -0.39 is 22.0 Å². The molecule has 3 aromatic rings. The molecule has 1 saturated heterocycles. The Hall–Kier alpha value is -4.51. The van der Waals surface area contributed by atoms with E-state index in [4.69, 9.17) is 4.74 Å². The van der Waals surface area contributed by atoms with Gasteiger partial charge in [-0.2, -0.15) is 0 Å². The fraction of sp³-hybridized carbons (Fsp3) is 0.120. The van der Waals surface area contributed by atoms with Crippen LogP contribution in [-0.2, 0) is 9.59 Å². The Morgan fingerprint density at radius 2 is 1.86 bits per heavy atom. The van der Waals surface area contributed by atoms with E-state index in [1.54, 1.807) is 36.4 Å². The molecule has 0 spiro atoms. The maximum absolute atomic E-state index is 12.7. The van der Waals surface area contributed by atoms with Crippen molar-refractivity contribution >= 4 is 46.3 Å². The van der Waals surface area contributed by atoms with Gasteiger partial charge >= 0.3 is 0 Å². The number of carbonyl (C=O) groups is 3. The normalized spacial score (nSPS) is 14.3. The minimum absolute atomic E-state index is 0.144. The summed E-state index contributed by atoms with van der Waals surface area (Å²) in [5.41, 5.74) is 3.20. The first-order valence-corrected chi connectivity index (χ1v) is 11.5. The van der Waals surface area contributed by atoms with Gasteiger partial charge in [0.25, 0.3) is 16.8 Å². The third kappa shape index (κ3) is 5.76. The minimum Gasteiger partial charge on any atom is -0.439 e. The molecule has 1 aromatic heterocycles. The van der Waals surface area contributed by atoms with E-state index in [-0.39, 0.29) is 23.0 Å². The highest BCUT2D eigenvalue weighted by Gasteiger charge is 2.36. The van der Waals surface area contributed by atoms with E-state index >= 15 is 0 Å². The Bertz CT molecular complexity index is 1390. The number of amides is 3. The maximum atomic E-state index is 12.7. The zero-order valence-corrected chi connectivity index (χ0v) is 20.1. The Labute approximate surface area is 210 Å². The summed E-state index contributed by atoms with van der Waals surface area (Å²) >= 11 is 0.762. The van der Waals surface area contributed by atoms with Gasteiger partial charge in [-0.3, -0.25) is 29.4 Å². The standard InChI is InChI=1S/C25H20N4O6S/c1-15-3-6-18(11-16(15)2)27-22(30)14-28-24(31)21(36-25(28)32)12-17-4-8-20(9-5-17)35-23-10-7-19(13-26-23)29(33)34/h3-13H,14H2,1-2H3,(H,27,30)/b21-12-. The Morgan fingerprint density at radius 3 is 2.50 bits per heavy atom. The summed E-state index contributed by atoms with van der Waals surface area (Å²) in [7, 11) is 0. The fourth-order valence-electron chi connectivity index (χ4n) is 3.24. The lowest BCUT2D eigenvalue weighted by Crippen LogP contribution is -2.36. The lowest BCUT2D eigenvalue weighted by atomic mass is 10.1. The van der Waals surface area contributed by atoms with Crippen LogP contribution in [-0.4, -0.2) is 38.4 Å². The van der Waals surface area contributed by atoms with Crippen LogP contribution in [0.5, 0.6) is 11.6 Å². The molecule has 1 aliphatic heterocycles. The summed E-state index contributed by atoms with van der Waals surface area (Å²) in [6.45, 7) is 3.51. The molecular weight excluding hydrogens is 484 g/mol. The Morgan fingerprint density at radius 1 is 1.11 bits per heavy atom. The number of nitro groups is 1. The molecule has 4 rings (SSSR count). The minimum atomic E-state index is -0.551. The molecule has 0 bridgehead atoms. The highest BCUT2D eigenvalue weighted by Crippen LogP contribution is 2.32. The number of aromatic nitrogens is 1. The van der Waals surface area contributed by atoms with Crippen molar-refractivity contribution in [3.63, 3.8) is 0 Å². The predicted octanol–water partition coefficient (Wildman–Crippen LogP) is 5.07. The van der Waals surface area contributed by atoms with Crippen LogP contribution in [0.3, 0.4) is 0 Å². The number of aryl methyl sites for hydroxylation is 2. The second kappa shape index (κ2) is 10.4. The molecule has 0 saturated carbocycles. The van der Waals surface area contributed by atoms with Crippen LogP contribution in [0.4, 0.5) is 16.2 Å². The lowest BCUT2D eigenvalue weighted by Gasteiger charge is -2.13. The first kappa shape index (κ1) is 24.6. The van der Waals surface area contributed by atoms with Crippen molar-refractivity contribution in [1.82, 2.24) is 9.88 Å². The van der Waals surface area contributed by atoms with Gasteiger partial charge in [-0.25, -0.2) is 4.98 Å². The van der Waals surface area contributed by atoms with Crippen molar-refractivity contribution in [2.75, 3.05) is 11.9 Å². The predicted molar refractivity (Wildman–Crippen MR) is 135 cm³/mol. The largest absolute Gasteiger partial charge is 0.439 e. The van der Waals surface area contributed by atoms with Gasteiger partial charge in [0.1, 0.15) is 18.5 Å². The van der Waals surface area contributed by atoms with Crippen molar-refractivity contribution in [1.29, 1.82) is 0 Å². The molecule has 0 aliphatic carbocycles. The van der Waals surface area contributed by atoms with Crippen molar-refractivity contribution in [3.8, 4) is 11.6 Å². The van der Waals surface area contributed by atoms with Crippen molar-refractivity contribution < 1.29 is 24.0 Å². The summed E-state index contributed by atoms with van der Waals surface area (Å²) in [4.78, 5) is 52.7. The molecule has 3 amide bonds. The van der Waals surface area contributed by atoms with Crippen LogP contribution in [0.25, 0.3) is 6.08 Å². The second-order valence-corrected chi connectivity index (χ2v) is 8.89. The van der Waals surface area contributed by atoms with Crippen LogP contribution >= 0.6 is 11.8 Å². The molecule has 2 heterocycles.